The highest BCUT2D eigenvalue weighted by molar-refractivity contribution is 6.01. The molecule has 0 spiro atoms. The Kier molecular flexibility index (Phi) is 15.3. The van der Waals surface area contributed by atoms with Gasteiger partial charge in [-0.25, -0.2) is 0 Å². The number of hydrogen-bond donors (Lipinski definition) is 0. The fraction of sp³-hybridized carbons (Fsp3) is 0.600. The number of allylic oxidation sites excluding steroid dienone is 1. The van der Waals surface area contributed by atoms with E-state index in [1.54, 1.807) is 20.8 Å². The van der Waals surface area contributed by atoms with Crippen LogP contribution in [-0.4, -0.2) is 43.3 Å². The van der Waals surface area contributed by atoms with Crippen LogP contribution in [0.25, 0.3) is 0 Å². The van der Waals surface area contributed by atoms with Gasteiger partial charge in [-0.1, -0.05) is 0 Å². The maximum atomic E-state index is 10.9. The molecule has 0 aliphatic carbocycles. The van der Waals surface area contributed by atoms with Crippen LogP contribution in [0.3, 0.4) is 0 Å². The molecule has 0 radical (unpaired) electrons. The number of carbonyl (C=O) groups excluding carboxylic acids is 4. The molecule has 0 aliphatic heterocycles. The summed E-state index contributed by atoms with van der Waals surface area (Å²) in [7, 11) is 0. The number of ether oxygens (including phenoxy) is 3. The fourth-order valence-corrected chi connectivity index (χ4v) is 1.05. The molecular weight excluding hydrogens is 292 g/mol. The maximum absolute atomic E-state index is 10.9. The van der Waals surface area contributed by atoms with E-state index in [9.17, 15) is 19.2 Å². The Balaban J connectivity index is 0. The first-order chi connectivity index (χ1) is 10.4. The molecule has 7 heteroatoms. The largest absolute Gasteiger partial charge is 0.501 e. The summed E-state index contributed by atoms with van der Waals surface area (Å²) in [6.07, 6.45) is 2.17. The number of ketones is 2. The van der Waals surface area contributed by atoms with Crippen LogP contribution in [0.2, 0.25) is 0 Å². The molecule has 0 fully saturated rings. The Labute approximate surface area is 130 Å². The van der Waals surface area contributed by atoms with Gasteiger partial charge in [0, 0.05) is 6.08 Å². The minimum atomic E-state index is -0.506. The second-order valence-electron chi connectivity index (χ2n) is 3.89. The number of carbonyl (C=O) groups is 4. The first-order valence-corrected chi connectivity index (χ1v) is 6.98. The highest BCUT2D eigenvalue weighted by Gasteiger charge is 2.06. The zero-order valence-corrected chi connectivity index (χ0v) is 13.5. The van der Waals surface area contributed by atoms with Gasteiger partial charge in [-0.3, -0.25) is 19.2 Å². The van der Waals surface area contributed by atoms with E-state index in [2.05, 4.69) is 9.47 Å². The molecule has 0 amide bonds. The third-order valence-corrected chi connectivity index (χ3v) is 1.84. The predicted molar refractivity (Wildman–Crippen MR) is 79.0 cm³/mol. The first-order valence-electron chi connectivity index (χ1n) is 6.98. The Bertz CT molecular complexity index is 385. The van der Waals surface area contributed by atoms with Gasteiger partial charge >= 0.3 is 11.9 Å². The van der Waals surface area contributed by atoms with Crippen molar-refractivity contribution in [3.05, 3.63) is 12.3 Å². The van der Waals surface area contributed by atoms with Crippen LogP contribution < -0.4 is 0 Å². The van der Waals surface area contributed by atoms with Crippen molar-refractivity contribution in [3.8, 4) is 0 Å². The van der Waals surface area contributed by atoms with Gasteiger partial charge < -0.3 is 14.2 Å². The molecule has 0 N–H and O–H groups in total. The molecule has 22 heavy (non-hydrogen) atoms. The zero-order chi connectivity index (χ0) is 17.4. The van der Waals surface area contributed by atoms with Crippen LogP contribution >= 0.6 is 0 Å². The van der Waals surface area contributed by atoms with Crippen molar-refractivity contribution in [1.82, 2.24) is 0 Å². The minimum Gasteiger partial charge on any atom is -0.501 e. The number of rotatable bonds is 9. The number of hydrogen-bond acceptors (Lipinski definition) is 7. The molecule has 0 bridgehead atoms. The molecule has 0 saturated heterocycles. The average Bonchev–Trinajstić information content (AvgIpc) is 2.39. The molecule has 0 aromatic heterocycles. The Morgan fingerprint density at radius 2 is 1.32 bits per heavy atom. The van der Waals surface area contributed by atoms with Crippen molar-refractivity contribution in [1.29, 1.82) is 0 Å². The van der Waals surface area contributed by atoms with Gasteiger partial charge in [0.2, 0.25) is 0 Å². The van der Waals surface area contributed by atoms with Crippen LogP contribution in [0.15, 0.2) is 12.3 Å². The van der Waals surface area contributed by atoms with Gasteiger partial charge in [-0.05, 0) is 27.7 Å². The summed E-state index contributed by atoms with van der Waals surface area (Å²) in [5.41, 5.74) is 0. The molecule has 0 heterocycles. The van der Waals surface area contributed by atoms with Gasteiger partial charge in [0.05, 0.1) is 26.1 Å². The van der Waals surface area contributed by atoms with Crippen molar-refractivity contribution >= 4 is 23.5 Å². The molecule has 0 saturated carbocycles. The van der Waals surface area contributed by atoms with E-state index < -0.39 is 11.9 Å². The lowest BCUT2D eigenvalue weighted by Gasteiger charge is -1.97. The summed E-state index contributed by atoms with van der Waals surface area (Å²) in [5, 5.41) is 0. The summed E-state index contributed by atoms with van der Waals surface area (Å²) in [5.74, 6) is -1.42. The van der Waals surface area contributed by atoms with E-state index in [0.29, 0.717) is 19.8 Å². The summed E-state index contributed by atoms with van der Waals surface area (Å²) in [6, 6.07) is 0. The third kappa shape index (κ3) is 17.8. The lowest BCUT2D eigenvalue weighted by molar-refractivity contribution is -0.146. The van der Waals surface area contributed by atoms with Crippen molar-refractivity contribution < 1.29 is 33.4 Å². The van der Waals surface area contributed by atoms with Crippen molar-refractivity contribution in [3.63, 3.8) is 0 Å². The first kappa shape index (κ1) is 22.1. The molecule has 0 rings (SSSR count). The monoisotopic (exact) mass is 316 g/mol. The second-order valence-corrected chi connectivity index (χ2v) is 3.89. The molecule has 0 aromatic carbocycles. The van der Waals surface area contributed by atoms with Gasteiger partial charge in [0.15, 0.2) is 5.78 Å². The van der Waals surface area contributed by atoms with Crippen LogP contribution in [0.4, 0.5) is 0 Å². The van der Waals surface area contributed by atoms with Gasteiger partial charge in [-0.2, -0.15) is 0 Å². The highest BCUT2D eigenvalue weighted by Crippen LogP contribution is 1.90. The van der Waals surface area contributed by atoms with Gasteiger partial charge in [0.1, 0.15) is 18.6 Å². The Morgan fingerprint density at radius 1 is 0.818 bits per heavy atom. The van der Waals surface area contributed by atoms with Crippen LogP contribution in [0.1, 0.15) is 40.5 Å². The quantitative estimate of drug-likeness (QED) is 0.276. The highest BCUT2D eigenvalue weighted by atomic mass is 16.5. The smallest absolute Gasteiger partial charge is 0.313 e. The summed E-state index contributed by atoms with van der Waals surface area (Å²) < 4.78 is 13.9. The third-order valence-electron chi connectivity index (χ3n) is 1.84. The van der Waals surface area contributed by atoms with E-state index in [1.165, 1.54) is 19.3 Å². The lowest BCUT2D eigenvalue weighted by atomic mass is 10.3. The molecule has 0 aliphatic rings. The molecule has 126 valence electrons. The van der Waals surface area contributed by atoms with E-state index in [1.807, 2.05) is 0 Å². The van der Waals surface area contributed by atoms with Crippen molar-refractivity contribution in [2.75, 3.05) is 19.8 Å². The molecular formula is C15H24O7. The molecule has 0 unspecified atom stereocenters. The normalized spacial score (nSPS) is 9.45. The predicted octanol–water partition coefficient (Wildman–Crippen LogP) is 1.59. The maximum Gasteiger partial charge on any atom is 0.313 e. The Hall–Kier alpha value is -2.18. The molecule has 0 atom stereocenters. The van der Waals surface area contributed by atoms with Gasteiger partial charge in [0.25, 0.3) is 0 Å². The zero-order valence-electron chi connectivity index (χ0n) is 13.5. The molecule has 7 nitrogen and oxygen atoms in total. The van der Waals surface area contributed by atoms with Crippen LogP contribution in [0, 0.1) is 0 Å². The van der Waals surface area contributed by atoms with Gasteiger partial charge in [-0.15, -0.1) is 0 Å². The lowest BCUT2D eigenvalue weighted by Crippen LogP contribution is -2.09. The van der Waals surface area contributed by atoms with E-state index in [4.69, 9.17) is 4.74 Å². The van der Waals surface area contributed by atoms with E-state index in [-0.39, 0.29) is 24.4 Å². The fourth-order valence-electron chi connectivity index (χ4n) is 1.05. The SMILES string of the molecule is CCOC(=O)CC(C)=O.CCOC=CC(=O)CC(=O)OCC. The van der Waals surface area contributed by atoms with E-state index in [0.717, 1.165) is 0 Å². The average molecular weight is 316 g/mol. The van der Waals surface area contributed by atoms with Crippen LogP contribution in [-0.2, 0) is 33.4 Å². The van der Waals surface area contributed by atoms with Crippen molar-refractivity contribution in [2.24, 2.45) is 0 Å². The summed E-state index contributed by atoms with van der Waals surface area (Å²) in [4.78, 5) is 42.3. The molecule has 0 aromatic rings. The Morgan fingerprint density at radius 3 is 1.73 bits per heavy atom. The minimum absolute atomic E-state index is 0.103. The second kappa shape index (κ2) is 15.2. The summed E-state index contributed by atoms with van der Waals surface area (Å²) >= 11 is 0. The van der Waals surface area contributed by atoms with Crippen molar-refractivity contribution in [2.45, 2.75) is 40.5 Å². The summed E-state index contributed by atoms with van der Waals surface area (Å²) in [6.45, 7) is 7.70. The number of esters is 2. The van der Waals surface area contributed by atoms with Crippen LogP contribution in [0.5, 0.6) is 0 Å². The standard InChI is InChI=1S/C9H14O4.C6H10O3/c1-3-12-6-5-8(10)7-9(11)13-4-2;1-3-9-6(8)4-5(2)7/h5-6H,3-4,7H2,1-2H3;3-4H2,1-2H3. The van der Waals surface area contributed by atoms with E-state index >= 15 is 0 Å². The topological polar surface area (TPSA) is 96.0 Å². The number of Topliss-reactive ketones (excluding diaryl/α,β-unsaturated/α-hetero) is 1.